The Morgan fingerprint density at radius 1 is 1.26 bits per heavy atom. The molecule has 0 bridgehead atoms. The second-order valence-corrected chi connectivity index (χ2v) is 8.86. The molecule has 0 spiro atoms. The average Bonchev–Trinajstić information content (AvgIpc) is 2.62. The fraction of sp³-hybridized carbons (Fsp3) is 0.550. The van der Waals surface area contributed by atoms with Gasteiger partial charge in [-0.3, -0.25) is 14.4 Å². The quantitative estimate of drug-likeness (QED) is 0.811. The fourth-order valence-corrected chi connectivity index (χ4v) is 4.54. The van der Waals surface area contributed by atoms with Crippen LogP contribution in [0.3, 0.4) is 0 Å². The summed E-state index contributed by atoms with van der Waals surface area (Å²) in [6.07, 6.45) is 2.27. The van der Waals surface area contributed by atoms with E-state index in [1.807, 2.05) is 43.0 Å². The number of nitrogens with zero attached hydrogens (tertiary/aromatic N) is 1. The lowest BCUT2D eigenvalue weighted by molar-refractivity contribution is -0.133. The molecule has 1 aromatic carbocycles. The third-order valence-corrected chi connectivity index (χ3v) is 6.15. The van der Waals surface area contributed by atoms with Crippen molar-refractivity contribution in [2.24, 2.45) is 5.92 Å². The van der Waals surface area contributed by atoms with Crippen molar-refractivity contribution in [1.29, 1.82) is 0 Å². The second kappa shape index (κ2) is 8.78. The van der Waals surface area contributed by atoms with Gasteiger partial charge in [0.15, 0.2) is 0 Å². The van der Waals surface area contributed by atoms with Gasteiger partial charge in [0, 0.05) is 36.9 Å². The summed E-state index contributed by atoms with van der Waals surface area (Å²) in [5.41, 5.74) is 0.808. The zero-order chi connectivity index (χ0) is 19.4. The zero-order valence-corrected chi connectivity index (χ0v) is 16.7. The topological polar surface area (TPSA) is 78.5 Å². The van der Waals surface area contributed by atoms with Crippen LogP contribution >= 0.6 is 11.8 Å². The first kappa shape index (κ1) is 19.7. The van der Waals surface area contributed by atoms with Crippen molar-refractivity contribution in [1.82, 2.24) is 10.2 Å². The van der Waals surface area contributed by atoms with Crippen molar-refractivity contribution in [3.05, 3.63) is 24.3 Å². The fourth-order valence-electron chi connectivity index (χ4n) is 3.43. The summed E-state index contributed by atoms with van der Waals surface area (Å²) in [5.74, 6) is 0.333. The number of piperidine rings is 1. The van der Waals surface area contributed by atoms with Gasteiger partial charge in [-0.05, 0) is 30.9 Å². The van der Waals surface area contributed by atoms with Crippen molar-refractivity contribution in [3.63, 3.8) is 0 Å². The van der Waals surface area contributed by atoms with Gasteiger partial charge in [-0.2, -0.15) is 0 Å². The third-order valence-electron chi connectivity index (χ3n) is 4.87. The number of thioether (sulfide) groups is 1. The predicted octanol–water partition coefficient (Wildman–Crippen LogP) is 2.64. The highest BCUT2D eigenvalue weighted by molar-refractivity contribution is 8.01. The van der Waals surface area contributed by atoms with E-state index in [1.165, 1.54) is 11.8 Å². The molecule has 27 heavy (non-hydrogen) atoms. The molecular weight excluding hydrogens is 362 g/mol. The molecule has 3 rings (SSSR count). The number of carbonyl (C=O) groups is 3. The number of hydrogen-bond donors (Lipinski definition) is 2. The molecule has 146 valence electrons. The minimum absolute atomic E-state index is 0.0736. The van der Waals surface area contributed by atoms with E-state index < -0.39 is 5.25 Å². The number of benzene rings is 1. The Balaban J connectivity index is 1.45. The standard InChI is InChI=1S/C20H27N3O3S/c1-13(2)11-19(25)23-9-7-14(8-10-23)21-18(24)12-17-20(26)22-15-5-3-4-6-16(15)27-17/h3-6,13-14,17H,7-12H2,1-2H3,(H,21,24)(H,22,26). The molecule has 1 unspecified atom stereocenters. The van der Waals surface area contributed by atoms with Crippen LogP contribution < -0.4 is 10.6 Å². The molecule has 0 radical (unpaired) electrons. The molecule has 7 heteroatoms. The van der Waals surface area contributed by atoms with Crippen LogP contribution in [0.2, 0.25) is 0 Å². The maximum Gasteiger partial charge on any atom is 0.238 e. The largest absolute Gasteiger partial charge is 0.353 e. The lowest BCUT2D eigenvalue weighted by atomic mass is 10.0. The van der Waals surface area contributed by atoms with Crippen LogP contribution in [0.25, 0.3) is 0 Å². The molecule has 1 aromatic rings. The molecule has 0 aliphatic carbocycles. The molecule has 0 saturated carbocycles. The van der Waals surface area contributed by atoms with Gasteiger partial charge in [0.25, 0.3) is 0 Å². The summed E-state index contributed by atoms with van der Waals surface area (Å²) < 4.78 is 0. The zero-order valence-electron chi connectivity index (χ0n) is 15.9. The number of hydrogen-bond acceptors (Lipinski definition) is 4. The smallest absolute Gasteiger partial charge is 0.238 e. The summed E-state index contributed by atoms with van der Waals surface area (Å²) >= 11 is 1.44. The first-order valence-corrected chi connectivity index (χ1v) is 10.4. The Labute approximate surface area is 164 Å². The van der Waals surface area contributed by atoms with Gasteiger partial charge in [-0.1, -0.05) is 26.0 Å². The number of nitrogens with one attached hydrogen (secondary N) is 2. The monoisotopic (exact) mass is 389 g/mol. The summed E-state index contributed by atoms with van der Waals surface area (Å²) in [6, 6.07) is 7.70. The number of anilines is 1. The molecular formula is C20H27N3O3S. The molecule has 0 aromatic heterocycles. The molecule has 1 atom stereocenters. The highest BCUT2D eigenvalue weighted by Crippen LogP contribution is 2.36. The average molecular weight is 390 g/mol. The van der Waals surface area contributed by atoms with Gasteiger partial charge in [-0.25, -0.2) is 0 Å². The number of para-hydroxylation sites is 1. The van der Waals surface area contributed by atoms with Crippen LogP contribution in [0.5, 0.6) is 0 Å². The Hall–Kier alpha value is -2.02. The van der Waals surface area contributed by atoms with Crippen molar-refractivity contribution in [2.45, 2.75) is 55.7 Å². The lowest BCUT2D eigenvalue weighted by Gasteiger charge is -2.33. The van der Waals surface area contributed by atoms with Gasteiger partial charge < -0.3 is 15.5 Å². The minimum atomic E-state index is -0.410. The molecule has 2 heterocycles. The number of rotatable bonds is 5. The Kier molecular flexibility index (Phi) is 6.42. The molecule has 1 fully saturated rings. The highest BCUT2D eigenvalue weighted by Gasteiger charge is 2.30. The van der Waals surface area contributed by atoms with Crippen LogP contribution in [-0.2, 0) is 14.4 Å². The van der Waals surface area contributed by atoms with E-state index in [0.717, 1.165) is 23.4 Å². The number of likely N-dealkylation sites (tertiary alicyclic amines) is 1. The van der Waals surface area contributed by atoms with E-state index in [9.17, 15) is 14.4 Å². The number of amides is 3. The van der Waals surface area contributed by atoms with Crippen LogP contribution in [0, 0.1) is 5.92 Å². The normalized spacial score (nSPS) is 20.2. The summed E-state index contributed by atoms with van der Waals surface area (Å²) in [5, 5.41) is 5.50. The molecule has 1 saturated heterocycles. The predicted molar refractivity (Wildman–Crippen MR) is 107 cm³/mol. The summed E-state index contributed by atoms with van der Waals surface area (Å²) in [4.78, 5) is 39.7. The van der Waals surface area contributed by atoms with Gasteiger partial charge in [-0.15, -0.1) is 11.8 Å². The first-order chi connectivity index (χ1) is 12.9. The first-order valence-electron chi connectivity index (χ1n) is 9.56. The maximum atomic E-state index is 12.4. The van der Waals surface area contributed by atoms with Crippen molar-refractivity contribution < 1.29 is 14.4 Å². The molecule has 2 aliphatic heterocycles. The van der Waals surface area contributed by atoms with E-state index in [4.69, 9.17) is 0 Å². The summed E-state index contributed by atoms with van der Waals surface area (Å²) in [7, 11) is 0. The van der Waals surface area contributed by atoms with Crippen LogP contribution in [0.1, 0.15) is 39.5 Å². The van der Waals surface area contributed by atoms with Gasteiger partial charge in [0.1, 0.15) is 0 Å². The lowest BCUT2D eigenvalue weighted by Crippen LogP contribution is -2.47. The van der Waals surface area contributed by atoms with Crippen molar-refractivity contribution >= 4 is 35.2 Å². The molecule has 2 aliphatic rings. The van der Waals surface area contributed by atoms with Gasteiger partial charge >= 0.3 is 0 Å². The molecule has 3 amide bonds. The van der Waals surface area contributed by atoms with Crippen molar-refractivity contribution in [2.75, 3.05) is 18.4 Å². The third kappa shape index (κ3) is 5.25. The Morgan fingerprint density at radius 2 is 1.96 bits per heavy atom. The minimum Gasteiger partial charge on any atom is -0.353 e. The molecule has 6 nitrogen and oxygen atoms in total. The van der Waals surface area contributed by atoms with E-state index in [2.05, 4.69) is 10.6 Å². The van der Waals surface area contributed by atoms with E-state index >= 15 is 0 Å². The van der Waals surface area contributed by atoms with E-state index in [0.29, 0.717) is 25.4 Å². The van der Waals surface area contributed by atoms with E-state index in [-0.39, 0.29) is 30.2 Å². The number of carbonyl (C=O) groups excluding carboxylic acids is 3. The molecule has 2 N–H and O–H groups in total. The Bertz CT molecular complexity index is 714. The maximum absolute atomic E-state index is 12.4. The van der Waals surface area contributed by atoms with Gasteiger partial charge in [0.05, 0.1) is 10.9 Å². The van der Waals surface area contributed by atoms with Gasteiger partial charge in [0.2, 0.25) is 17.7 Å². The second-order valence-electron chi connectivity index (χ2n) is 7.62. The number of fused-ring (bicyclic) bond motifs is 1. The Morgan fingerprint density at radius 3 is 2.67 bits per heavy atom. The highest BCUT2D eigenvalue weighted by atomic mass is 32.2. The van der Waals surface area contributed by atoms with Crippen LogP contribution in [-0.4, -0.2) is 47.0 Å². The SMILES string of the molecule is CC(C)CC(=O)N1CCC(NC(=O)CC2Sc3ccccc3NC2=O)CC1. The van der Waals surface area contributed by atoms with Crippen molar-refractivity contribution in [3.8, 4) is 0 Å². The van der Waals surface area contributed by atoms with E-state index in [1.54, 1.807) is 0 Å². The van der Waals surface area contributed by atoms with Crippen LogP contribution in [0.15, 0.2) is 29.2 Å². The van der Waals surface area contributed by atoms with Crippen LogP contribution in [0.4, 0.5) is 5.69 Å². The summed E-state index contributed by atoms with van der Waals surface area (Å²) in [6.45, 7) is 5.45.